The number of nitrogens with zero attached hydrogens (tertiary/aromatic N) is 2. The molecule has 0 atom stereocenters. The summed E-state index contributed by atoms with van der Waals surface area (Å²) in [7, 11) is 0. The lowest BCUT2D eigenvalue weighted by Crippen LogP contribution is -2.16. The standard InChI is InChI=1S/C13H15BrN4/c1-7-4-5-11(10(6-7)13(15)16)18-9(3)12(14)8(2)17-18/h4-6H,1-3H3,(H3,15,16). The summed E-state index contributed by atoms with van der Waals surface area (Å²) in [5, 5.41) is 12.1. The van der Waals surface area contributed by atoms with Gasteiger partial charge in [-0.1, -0.05) is 11.6 Å². The Hall–Kier alpha value is -1.62. The fourth-order valence-corrected chi connectivity index (χ4v) is 2.16. The Labute approximate surface area is 114 Å². The summed E-state index contributed by atoms with van der Waals surface area (Å²) in [6.07, 6.45) is 0. The maximum Gasteiger partial charge on any atom is 0.124 e. The van der Waals surface area contributed by atoms with Crippen LogP contribution in [-0.4, -0.2) is 15.6 Å². The third kappa shape index (κ3) is 2.06. The molecule has 0 bridgehead atoms. The quantitative estimate of drug-likeness (QED) is 0.662. The fourth-order valence-electron chi connectivity index (χ4n) is 1.91. The fraction of sp³-hybridized carbons (Fsp3) is 0.231. The van der Waals surface area contributed by atoms with Gasteiger partial charge in [0, 0.05) is 5.56 Å². The van der Waals surface area contributed by atoms with Gasteiger partial charge in [0.1, 0.15) is 5.84 Å². The van der Waals surface area contributed by atoms with Gasteiger partial charge in [0.25, 0.3) is 0 Å². The van der Waals surface area contributed by atoms with Crippen LogP contribution in [0.5, 0.6) is 0 Å². The van der Waals surface area contributed by atoms with Gasteiger partial charge in [-0.05, 0) is 48.8 Å². The van der Waals surface area contributed by atoms with Gasteiger partial charge in [-0.2, -0.15) is 5.10 Å². The van der Waals surface area contributed by atoms with Gasteiger partial charge in [-0.15, -0.1) is 0 Å². The Morgan fingerprint density at radius 1 is 1.33 bits per heavy atom. The SMILES string of the molecule is Cc1ccc(-n2nc(C)c(Br)c2C)c(C(=N)N)c1. The molecule has 18 heavy (non-hydrogen) atoms. The average Bonchev–Trinajstić information content (AvgIpc) is 2.57. The molecule has 0 saturated carbocycles. The van der Waals surface area contributed by atoms with Gasteiger partial charge in [0.05, 0.1) is 21.5 Å². The van der Waals surface area contributed by atoms with Gasteiger partial charge < -0.3 is 5.73 Å². The molecule has 0 radical (unpaired) electrons. The van der Waals surface area contributed by atoms with E-state index in [1.54, 1.807) is 0 Å². The molecule has 2 aromatic rings. The zero-order valence-corrected chi connectivity index (χ0v) is 12.2. The largest absolute Gasteiger partial charge is 0.384 e. The van der Waals surface area contributed by atoms with Crippen molar-refractivity contribution in [2.45, 2.75) is 20.8 Å². The van der Waals surface area contributed by atoms with Crippen molar-refractivity contribution in [2.24, 2.45) is 5.73 Å². The zero-order chi connectivity index (χ0) is 13.4. The van der Waals surface area contributed by atoms with E-state index in [2.05, 4.69) is 21.0 Å². The predicted octanol–water partition coefficient (Wildman–Crippen LogP) is 2.84. The van der Waals surface area contributed by atoms with Crippen LogP contribution in [0.2, 0.25) is 0 Å². The summed E-state index contributed by atoms with van der Waals surface area (Å²) in [6.45, 7) is 5.90. The molecule has 94 valence electrons. The van der Waals surface area contributed by atoms with Crippen molar-refractivity contribution in [2.75, 3.05) is 0 Å². The summed E-state index contributed by atoms with van der Waals surface area (Å²) >= 11 is 3.51. The molecular weight excluding hydrogens is 292 g/mol. The lowest BCUT2D eigenvalue weighted by atomic mass is 10.1. The Kier molecular flexibility index (Phi) is 3.26. The second kappa shape index (κ2) is 4.57. The number of aromatic nitrogens is 2. The number of amidine groups is 1. The number of nitrogens with two attached hydrogens (primary N) is 1. The Bertz CT molecular complexity index is 628. The highest BCUT2D eigenvalue weighted by Crippen LogP contribution is 2.25. The summed E-state index contributed by atoms with van der Waals surface area (Å²) < 4.78 is 2.80. The third-order valence-corrected chi connectivity index (χ3v) is 4.02. The first kappa shape index (κ1) is 12.8. The van der Waals surface area contributed by atoms with E-state index in [1.165, 1.54) is 0 Å². The van der Waals surface area contributed by atoms with E-state index >= 15 is 0 Å². The Balaban J connectivity index is 2.71. The minimum atomic E-state index is 0.0531. The van der Waals surface area contributed by atoms with Crippen molar-refractivity contribution in [3.63, 3.8) is 0 Å². The van der Waals surface area contributed by atoms with Gasteiger partial charge >= 0.3 is 0 Å². The van der Waals surface area contributed by atoms with E-state index < -0.39 is 0 Å². The summed E-state index contributed by atoms with van der Waals surface area (Å²) in [5.74, 6) is 0.0531. The molecule has 0 aliphatic rings. The molecule has 0 fully saturated rings. The maximum absolute atomic E-state index is 7.68. The molecule has 1 heterocycles. The summed E-state index contributed by atoms with van der Waals surface area (Å²) in [5.41, 5.74) is 10.2. The van der Waals surface area contributed by atoms with Gasteiger partial charge in [-0.3, -0.25) is 5.41 Å². The lowest BCUT2D eigenvalue weighted by molar-refractivity contribution is 0.831. The molecule has 4 nitrogen and oxygen atoms in total. The highest BCUT2D eigenvalue weighted by Gasteiger charge is 2.14. The van der Waals surface area contributed by atoms with Crippen molar-refractivity contribution >= 4 is 21.8 Å². The molecule has 2 rings (SSSR count). The van der Waals surface area contributed by atoms with Crippen LogP contribution in [0.25, 0.3) is 5.69 Å². The molecule has 0 saturated heterocycles. The molecular formula is C13H15BrN4. The van der Waals surface area contributed by atoms with Crippen LogP contribution in [0, 0.1) is 26.2 Å². The minimum absolute atomic E-state index is 0.0531. The van der Waals surface area contributed by atoms with Crippen LogP contribution in [0.15, 0.2) is 22.7 Å². The molecule has 0 aliphatic carbocycles. The molecule has 0 unspecified atom stereocenters. The number of nitrogen functional groups attached to an aromatic ring is 1. The van der Waals surface area contributed by atoms with Crippen molar-refractivity contribution in [3.05, 3.63) is 45.2 Å². The summed E-state index contributed by atoms with van der Waals surface area (Å²) in [4.78, 5) is 0. The van der Waals surface area contributed by atoms with Crippen molar-refractivity contribution in [1.82, 2.24) is 9.78 Å². The second-order valence-electron chi connectivity index (χ2n) is 4.33. The molecule has 5 heteroatoms. The summed E-state index contributed by atoms with van der Waals surface area (Å²) in [6, 6.07) is 5.84. The number of aryl methyl sites for hydroxylation is 2. The zero-order valence-electron chi connectivity index (χ0n) is 10.6. The first-order valence-corrected chi connectivity index (χ1v) is 6.38. The highest BCUT2D eigenvalue weighted by atomic mass is 79.9. The topological polar surface area (TPSA) is 67.7 Å². The monoisotopic (exact) mass is 306 g/mol. The molecule has 1 aromatic carbocycles. The first-order chi connectivity index (χ1) is 8.41. The van der Waals surface area contributed by atoms with E-state index in [0.29, 0.717) is 5.56 Å². The van der Waals surface area contributed by atoms with Crippen LogP contribution in [0.4, 0.5) is 0 Å². The van der Waals surface area contributed by atoms with Crippen molar-refractivity contribution in [1.29, 1.82) is 5.41 Å². The van der Waals surface area contributed by atoms with E-state index in [9.17, 15) is 0 Å². The van der Waals surface area contributed by atoms with Gasteiger partial charge in [-0.25, -0.2) is 4.68 Å². The van der Waals surface area contributed by atoms with Gasteiger partial charge in [0.2, 0.25) is 0 Å². The van der Waals surface area contributed by atoms with Crippen molar-refractivity contribution < 1.29 is 0 Å². The van der Waals surface area contributed by atoms with E-state index in [-0.39, 0.29) is 5.84 Å². The predicted molar refractivity (Wildman–Crippen MR) is 76.5 cm³/mol. The van der Waals surface area contributed by atoms with E-state index in [1.807, 2.05) is 43.7 Å². The number of hydrogen-bond donors (Lipinski definition) is 2. The number of nitrogens with one attached hydrogen (secondary N) is 1. The minimum Gasteiger partial charge on any atom is -0.384 e. The van der Waals surface area contributed by atoms with Crippen molar-refractivity contribution in [3.8, 4) is 5.69 Å². The van der Waals surface area contributed by atoms with Gasteiger partial charge in [0.15, 0.2) is 0 Å². The molecule has 0 spiro atoms. The Morgan fingerprint density at radius 3 is 2.50 bits per heavy atom. The van der Waals surface area contributed by atoms with Crippen LogP contribution in [-0.2, 0) is 0 Å². The van der Waals surface area contributed by atoms with E-state index in [4.69, 9.17) is 11.1 Å². The van der Waals surface area contributed by atoms with Crippen LogP contribution in [0.3, 0.4) is 0 Å². The second-order valence-corrected chi connectivity index (χ2v) is 5.12. The molecule has 1 aromatic heterocycles. The van der Waals surface area contributed by atoms with Crippen LogP contribution < -0.4 is 5.73 Å². The van der Waals surface area contributed by atoms with E-state index in [0.717, 1.165) is 27.1 Å². The number of halogens is 1. The molecule has 0 aliphatic heterocycles. The normalized spacial score (nSPS) is 10.7. The smallest absolute Gasteiger partial charge is 0.124 e. The number of hydrogen-bond acceptors (Lipinski definition) is 2. The Morgan fingerprint density at radius 2 is 2.00 bits per heavy atom. The average molecular weight is 307 g/mol. The number of benzene rings is 1. The molecule has 3 N–H and O–H groups in total. The highest BCUT2D eigenvalue weighted by molar-refractivity contribution is 9.10. The third-order valence-electron chi connectivity index (χ3n) is 2.87. The van der Waals surface area contributed by atoms with Crippen LogP contribution >= 0.6 is 15.9 Å². The maximum atomic E-state index is 7.68. The number of rotatable bonds is 2. The van der Waals surface area contributed by atoms with Crippen LogP contribution in [0.1, 0.15) is 22.5 Å². The lowest BCUT2D eigenvalue weighted by Gasteiger charge is -2.11. The molecule has 0 amide bonds. The first-order valence-electron chi connectivity index (χ1n) is 5.59.